The molecule has 2 aliphatic heterocycles. The number of aryl methyl sites for hydroxylation is 1. The first kappa shape index (κ1) is 19.9. The Balaban J connectivity index is 1.63. The number of nitrogens with zero attached hydrogens (tertiary/aromatic N) is 2. The highest BCUT2D eigenvalue weighted by atomic mass is 35.5. The second-order valence-corrected chi connectivity index (χ2v) is 8.16. The van der Waals surface area contributed by atoms with Gasteiger partial charge in [-0.15, -0.1) is 0 Å². The van der Waals surface area contributed by atoms with Gasteiger partial charge in [0.15, 0.2) is 0 Å². The van der Waals surface area contributed by atoms with Gasteiger partial charge in [0.1, 0.15) is 0 Å². The topological polar surface area (TPSA) is 49.9 Å². The fraction of sp³-hybridized carbons (Fsp3) is 0.391. The molecule has 4 rings (SSSR count). The first-order valence-electron chi connectivity index (χ1n) is 10.0. The molecule has 0 radical (unpaired) electrons. The molecule has 0 spiro atoms. The maximum absolute atomic E-state index is 13.4. The van der Waals surface area contributed by atoms with E-state index in [4.69, 9.17) is 16.3 Å². The highest BCUT2D eigenvalue weighted by molar-refractivity contribution is 6.30. The van der Waals surface area contributed by atoms with Crippen molar-refractivity contribution in [1.29, 1.82) is 0 Å². The molecule has 2 fully saturated rings. The Morgan fingerprint density at radius 1 is 1.00 bits per heavy atom. The maximum atomic E-state index is 13.4. The standard InChI is InChI=1S/C23H25ClN2O3/c1-16-5-2-3-8-19(16)20-14-26(22(27)17-6-4-7-18(24)13-17)15-21(20)23(28)25-9-11-29-12-10-25/h2-8,13,20-21H,9-12,14-15H2,1H3/t20-,21+/m0/s1. The highest BCUT2D eigenvalue weighted by Gasteiger charge is 2.42. The van der Waals surface area contributed by atoms with Crippen molar-refractivity contribution in [2.75, 3.05) is 39.4 Å². The molecule has 0 aliphatic carbocycles. The number of likely N-dealkylation sites (tertiary alicyclic amines) is 1. The average Bonchev–Trinajstić information content (AvgIpc) is 3.18. The van der Waals surface area contributed by atoms with E-state index in [1.54, 1.807) is 29.2 Å². The number of morpholine rings is 1. The van der Waals surface area contributed by atoms with Crippen LogP contribution < -0.4 is 0 Å². The smallest absolute Gasteiger partial charge is 0.253 e. The maximum Gasteiger partial charge on any atom is 0.253 e. The van der Waals surface area contributed by atoms with Gasteiger partial charge in [-0.1, -0.05) is 41.9 Å². The van der Waals surface area contributed by atoms with Gasteiger partial charge in [0.25, 0.3) is 5.91 Å². The number of ether oxygens (including phenoxy) is 1. The van der Waals surface area contributed by atoms with Crippen molar-refractivity contribution in [3.8, 4) is 0 Å². The van der Waals surface area contributed by atoms with Crippen LogP contribution in [0.5, 0.6) is 0 Å². The van der Waals surface area contributed by atoms with Crippen LogP contribution in [0.1, 0.15) is 27.4 Å². The Hall–Kier alpha value is -2.37. The van der Waals surface area contributed by atoms with Gasteiger partial charge in [0.2, 0.25) is 5.91 Å². The summed E-state index contributed by atoms with van der Waals surface area (Å²) < 4.78 is 5.40. The van der Waals surface area contributed by atoms with Crippen LogP contribution in [0.15, 0.2) is 48.5 Å². The Labute approximate surface area is 176 Å². The van der Waals surface area contributed by atoms with Crippen molar-refractivity contribution in [3.63, 3.8) is 0 Å². The Bertz CT molecular complexity index is 911. The second-order valence-electron chi connectivity index (χ2n) is 7.73. The summed E-state index contributed by atoms with van der Waals surface area (Å²) in [5.41, 5.74) is 2.84. The summed E-state index contributed by atoms with van der Waals surface area (Å²) in [6, 6.07) is 15.1. The number of benzene rings is 2. The van der Waals surface area contributed by atoms with Crippen LogP contribution in [0.2, 0.25) is 5.02 Å². The molecular formula is C23H25ClN2O3. The van der Waals surface area contributed by atoms with Crippen LogP contribution in [0.25, 0.3) is 0 Å². The molecule has 29 heavy (non-hydrogen) atoms. The van der Waals surface area contributed by atoms with E-state index >= 15 is 0 Å². The molecule has 0 N–H and O–H groups in total. The number of amides is 2. The lowest BCUT2D eigenvalue weighted by Crippen LogP contribution is -2.45. The Kier molecular flexibility index (Phi) is 5.88. The number of rotatable bonds is 3. The third kappa shape index (κ3) is 4.16. The van der Waals surface area contributed by atoms with Crippen LogP contribution in [-0.2, 0) is 9.53 Å². The number of carbonyl (C=O) groups excluding carboxylic acids is 2. The van der Waals surface area contributed by atoms with Crippen molar-refractivity contribution >= 4 is 23.4 Å². The highest BCUT2D eigenvalue weighted by Crippen LogP contribution is 2.36. The fourth-order valence-corrected chi connectivity index (χ4v) is 4.55. The zero-order chi connectivity index (χ0) is 20.4. The van der Waals surface area contributed by atoms with E-state index in [2.05, 4.69) is 19.1 Å². The van der Waals surface area contributed by atoms with Crippen molar-refractivity contribution in [2.45, 2.75) is 12.8 Å². The molecule has 0 bridgehead atoms. The van der Waals surface area contributed by atoms with Crippen LogP contribution in [0.4, 0.5) is 0 Å². The van der Waals surface area contributed by atoms with Crippen LogP contribution >= 0.6 is 11.6 Å². The largest absolute Gasteiger partial charge is 0.378 e. The first-order valence-corrected chi connectivity index (χ1v) is 10.4. The summed E-state index contributed by atoms with van der Waals surface area (Å²) in [6.07, 6.45) is 0. The summed E-state index contributed by atoms with van der Waals surface area (Å²) in [5.74, 6) is -0.238. The molecule has 2 aliphatic rings. The second kappa shape index (κ2) is 8.56. The predicted molar refractivity (Wildman–Crippen MR) is 112 cm³/mol. The minimum absolute atomic E-state index is 0.0188. The van der Waals surface area contributed by atoms with Crippen LogP contribution in [0, 0.1) is 12.8 Å². The van der Waals surface area contributed by atoms with Gasteiger partial charge < -0.3 is 14.5 Å². The molecule has 2 saturated heterocycles. The van der Waals surface area contributed by atoms with Gasteiger partial charge in [-0.2, -0.15) is 0 Å². The van der Waals surface area contributed by atoms with Gasteiger partial charge in [-0.05, 0) is 36.2 Å². The molecule has 5 nitrogen and oxygen atoms in total. The molecule has 152 valence electrons. The van der Waals surface area contributed by atoms with Crippen molar-refractivity contribution in [1.82, 2.24) is 9.80 Å². The van der Waals surface area contributed by atoms with Crippen molar-refractivity contribution < 1.29 is 14.3 Å². The van der Waals surface area contributed by atoms with Crippen molar-refractivity contribution in [2.24, 2.45) is 5.92 Å². The number of halogens is 1. The zero-order valence-electron chi connectivity index (χ0n) is 16.5. The quantitative estimate of drug-likeness (QED) is 0.776. The molecule has 2 aromatic carbocycles. The lowest BCUT2D eigenvalue weighted by molar-refractivity contribution is -0.139. The molecule has 0 unspecified atom stereocenters. The summed E-state index contributed by atoms with van der Waals surface area (Å²) >= 11 is 6.08. The summed E-state index contributed by atoms with van der Waals surface area (Å²) in [5, 5.41) is 0.534. The van der Waals surface area contributed by atoms with E-state index in [-0.39, 0.29) is 23.7 Å². The van der Waals surface area contributed by atoms with Crippen LogP contribution in [0.3, 0.4) is 0 Å². The predicted octanol–water partition coefficient (Wildman–Crippen LogP) is 3.36. The molecule has 6 heteroatoms. The van der Waals surface area contributed by atoms with Gasteiger partial charge in [-0.3, -0.25) is 9.59 Å². The summed E-state index contributed by atoms with van der Waals surface area (Å²) in [4.78, 5) is 30.2. The lowest BCUT2D eigenvalue weighted by Gasteiger charge is -2.31. The molecule has 0 saturated carbocycles. The van der Waals surface area contributed by atoms with Crippen molar-refractivity contribution in [3.05, 3.63) is 70.2 Å². The Morgan fingerprint density at radius 3 is 2.48 bits per heavy atom. The number of hydrogen-bond acceptors (Lipinski definition) is 3. The lowest BCUT2D eigenvalue weighted by atomic mass is 9.85. The normalized spacial score (nSPS) is 22.0. The van der Waals surface area contributed by atoms with E-state index in [9.17, 15) is 9.59 Å². The molecule has 2 amide bonds. The molecule has 2 heterocycles. The number of carbonyl (C=O) groups is 2. The summed E-state index contributed by atoms with van der Waals surface area (Å²) in [6.45, 7) is 5.36. The van der Waals surface area contributed by atoms with E-state index in [1.807, 2.05) is 17.0 Å². The first-order chi connectivity index (χ1) is 14.0. The van der Waals surface area contributed by atoms with E-state index in [0.717, 1.165) is 11.1 Å². The molecule has 0 aromatic heterocycles. The van der Waals surface area contributed by atoms with Gasteiger partial charge in [-0.25, -0.2) is 0 Å². The molecule has 2 aromatic rings. The minimum Gasteiger partial charge on any atom is -0.378 e. The van der Waals surface area contributed by atoms with E-state index in [1.165, 1.54) is 0 Å². The Morgan fingerprint density at radius 2 is 1.76 bits per heavy atom. The SMILES string of the molecule is Cc1ccccc1[C@@H]1CN(C(=O)c2cccc(Cl)c2)C[C@H]1C(=O)N1CCOCC1. The third-order valence-corrected chi connectivity index (χ3v) is 6.14. The fourth-order valence-electron chi connectivity index (χ4n) is 4.36. The van der Waals surface area contributed by atoms with E-state index in [0.29, 0.717) is 50.0 Å². The third-order valence-electron chi connectivity index (χ3n) is 5.91. The van der Waals surface area contributed by atoms with Gasteiger partial charge in [0, 0.05) is 42.7 Å². The number of hydrogen-bond donors (Lipinski definition) is 0. The average molecular weight is 413 g/mol. The van der Waals surface area contributed by atoms with Gasteiger partial charge >= 0.3 is 0 Å². The summed E-state index contributed by atoms with van der Waals surface area (Å²) in [7, 11) is 0. The minimum atomic E-state index is -0.252. The zero-order valence-corrected chi connectivity index (χ0v) is 17.3. The van der Waals surface area contributed by atoms with Gasteiger partial charge in [0.05, 0.1) is 19.1 Å². The van der Waals surface area contributed by atoms with E-state index < -0.39 is 0 Å². The molecular weight excluding hydrogens is 388 g/mol. The van der Waals surface area contributed by atoms with Crippen LogP contribution in [-0.4, -0.2) is 61.0 Å². The monoisotopic (exact) mass is 412 g/mol. The molecule has 2 atom stereocenters.